The second kappa shape index (κ2) is 5.91. The van der Waals surface area contributed by atoms with Gasteiger partial charge in [0.05, 0.1) is 4.90 Å². The molecule has 1 saturated carbocycles. The molecule has 1 aliphatic rings. The Kier molecular flexibility index (Phi) is 4.66. The summed E-state index contributed by atoms with van der Waals surface area (Å²) in [5.41, 5.74) is 5.74. The zero-order chi connectivity index (χ0) is 14.0. The van der Waals surface area contributed by atoms with Gasteiger partial charge < -0.3 is 5.73 Å². The van der Waals surface area contributed by atoms with Crippen LogP contribution >= 0.6 is 15.9 Å². The molecule has 0 bridgehead atoms. The molecule has 2 atom stereocenters. The van der Waals surface area contributed by atoms with Crippen molar-refractivity contribution in [2.75, 3.05) is 13.6 Å². The zero-order valence-electron chi connectivity index (χ0n) is 10.9. The van der Waals surface area contributed by atoms with Crippen molar-refractivity contribution in [2.45, 2.75) is 30.2 Å². The monoisotopic (exact) mass is 346 g/mol. The molecule has 0 radical (unpaired) electrons. The van der Waals surface area contributed by atoms with E-state index in [0.717, 1.165) is 23.7 Å². The molecule has 19 heavy (non-hydrogen) atoms. The van der Waals surface area contributed by atoms with Gasteiger partial charge in [0.25, 0.3) is 0 Å². The van der Waals surface area contributed by atoms with Crippen LogP contribution in [0.1, 0.15) is 19.3 Å². The van der Waals surface area contributed by atoms with Crippen LogP contribution in [0.5, 0.6) is 0 Å². The molecule has 1 fully saturated rings. The van der Waals surface area contributed by atoms with Gasteiger partial charge in [-0.25, -0.2) is 8.42 Å². The zero-order valence-corrected chi connectivity index (χ0v) is 13.3. The molecule has 0 amide bonds. The Bertz CT molecular complexity index is 547. The maximum atomic E-state index is 12.6. The Morgan fingerprint density at radius 3 is 2.79 bits per heavy atom. The van der Waals surface area contributed by atoms with E-state index in [0.29, 0.717) is 11.4 Å². The van der Waals surface area contributed by atoms with Crippen molar-refractivity contribution >= 4 is 26.0 Å². The lowest BCUT2D eigenvalue weighted by Gasteiger charge is -2.28. The topological polar surface area (TPSA) is 63.4 Å². The molecule has 6 heteroatoms. The predicted molar refractivity (Wildman–Crippen MR) is 79.3 cm³/mol. The smallest absolute Gasteiger partial charge is 0.243 e. The molecule has 0 aliphatic heterocycles. The molecular formula is C13H19BrN2O2S. The average molecular weight is 347 g/mol. The Labute approximate surface area is 123 Å². The lowest BCUT2D eigenvalue weighted by Crippen LogP contribution is -2.41. The van der Waals surface area contributed by atoms with Gasteiger partial charge in [0, 0.05) is 17.6 Å². The third-order valence-corrected chi connectivity index (χ3v) is 6.23. The summed E-state index contributed by atoms with van der Waals surface area (Å²) in [4.78, 5) is 0.326. The fourth-order valence-corrected chi connectivity index (χ4v) is 4.79. The van der Waals surface area contributed by atoms with Gasteiger partial charge in [0.15, 0.2) is 0 Å². The molecule has 1 aromatic carbocycles. The van der Waals surface area contributed by atoms with Gasteiger partial charge in [-0.05, 0) is 43.5 Å². The highest BCUT2D eigenvalue weighted by Gasteiger charge is 2.35. The minimum atomic E-state index is -3.44. The van der Waals surface area contributed by atoms with Crippen molar-refractivity contribution in [3.63, 3.8) is 0 Å². The molecule has 2 rings (SSSR count). The number of hydrogen-bond acceptors (Lipinski definition) is 3. The van der Waals surface area contributed by atoms with Crippen molar-refractivity contribution < 1.29 is 8.42 Å². The maximum Gasteiger partial charge on any atom is 0.243 e. The van der Waals surface area contributed by atoms with E-state index in [-0.39, 0.29) is 12.0 Å². The molecule has 0 saturated heterocycles. The first kappa shape index (κ1) is 15.0. The highest BCUT2D eigenvalue weighted by Crippen LogP contribution is 2.32. The Morgan fingerprint density at radius 2 is 2.16 bits per heavy atom. The van der Waals surface area contributed by atoms with Crippen LogP contribution in [-0.2, 0) is 10.0 Å². The molecule has 2 N–H and O–H groups in total. The normalized spacial score (nSPS) is 24.0. The van der Waals surface area contributed by atoms with Crippen LogP contribution in [-0.4, -0.2) is 32.4 Å². The van der Waals surface area contributed by atoms with Crippen LogP contribution in [0.25, 0.3) is 0 Å². The maximum absolute atomic E-state index is 12.6. The van der Waals surface area contributed by atoms with Crippen molar-refractivity contribution in [1.82, 2.24) is 4.31 Å². The quantitative estimate of drug-likeness (QED) is 0.908. The molecule has 0 aromatic heterocycles. The number of hydrogen-bond donors (Lipinski definition) is 1. The van der Waals surface area contributed by atoms with Gasteiger partial charge in [-0.1, -0.05) is 28.4 Å². The van der Waals surface area contributed by atoms with E-state index in [1.807, 2.05) is 6.07 Å². The summed E-state index contributed by atoms with van der Waals surface area (Å²) >= 11 is 3.31. The second-order valence-corrected chi connectivity index (χ2v) is 7.89. The predicted octanol–water partition coefficient (Wildman–Crippen LogP) is 2.20. The van der Waals surface area contributed by atoms with E-state index in [2.05, 4.69) is 15.9 Å². The van der Waals surface area contributed by atoms with Crippen molar-refractivity contribution in [2.24, 2.45) is 11.7 Å². The van der Waals surface area contributed by atoms with Gasteiger partial charge in [0.1, 0.15) is 0 Å². The standard InChI is InChI=1S/C13H19BrN2O2S/c1-16(13-7-2-4-10(13)9-15)19(17,18)12-6-3-5-11(14)8-12/h3,5-6,8,10,13H,2,4,7,9,15H2,1H3. The molecular weight excluding hydrogens is 328 g/mol. The van der Waals surface area contributed by atoms with E-state index >= 15 is 0 Å². The van der Waals surface area contributed by atoms with E-state index in [1.165, 1.54) is 4.31 Å². The number of nitrogens with two attached hydrogens (primary N) is 1. The summed E-state index contributed by atoms with van der Waals surface area (Å²) < 4.78 is 27.5. The first-order valence-electron chi connectivity index (χ1n) is 6.40. The third kappa shape index (κ3) is 3.02. The summed E-state index contributed by atoms with van der Waals surface area (Å²) in [6.07, 6.45) is 2.95. The Balaban J connectivity index is 2.29. The molecule has 1 aliphatic carbocycles. The van der Waals surface area contributed by atoms with Gasteiger partial charge in [-0.15, -0.1) is 0 Å². The van der Waals surface area contributed by atoms with Crippen molar-refractivity contribution in [3.05, 3.63) is 28.7 Å². The van der Waals surface area contributed by atoms with Gasteiger partial charge in [-0.2, -0.15) is 4.31 Å². The van der Waals surface area contributed by atoms with E-state index < -0.39 is 10.0 Å². The molecule has 0 spiro atoms. The van der Waals surface area contributed by atoms with Crippen molar-refractivity contribution in [3.8, 4) is 0 Å². The largest absolute Gasteiger partial charge is 0.330 e. The second-order valence-electron chi connectivity index (χ2n) is 4.97. The van der Waals surface area contributed by atoms with Crippen LogP contribution in [0.15, 0.2) is 33.6 Å². The third-order valence-electron chi connectivity index (χ3n) is 3.86. The Morgan fingerprint density at radius 1 is 1.42 bits per heavy atom. The number of nitrogens with zero attached hydrogens (tertiary/aromatic N) is 1. The SMILES string of the molecule is CN(C1CCCC1CN)S(=O)(=O)c1cccc(Br)c1. The fraction of sp³-hybridized carbons (Fsp3) is 0.538. The summed E-state index contributed by atoms with van der Waals surface area (Å²) in [6, 6.07) is 6.84. The van der Waals surface area contributed by atoms with Crippen LogP contribution in [0.3, 0.4) is 0 Å². The highest BCUT2D eigenvalue weighted by atomic mass is 79.9. The lowest BCUT2D eigenvalue weighted by molar-refractivity contribution is 0.304. The van der Waals surface area contributed by atoms with Crippen molar-refractivity contribution in [1.29, 1.82) is 0 Å². The summed E-state index contributed by atoms with van der Waals surface area (Å²) in [5, 5.41) is 0. The fourth-order valence-electron chi connectivity index (χ4n) is 2.74. The van der Waals surface area contributed by atoms with Gasteiger partial charge in [-0.3, -0.25) is 0 Å². The number of sulfonamides is 1. The molecule has 1 aromatic rings. The first-order valence-corrected chi connectivity index (χ1v) is 8.64. The minimum absolute atomic E-state index is 0.0222. The minimum Gasteiger partial charge on any atom is -0.330 e. The summed E-state index contributed by atoms with van der Waals surface area (Å²) in [5.74, 6) is 0.270. The van der Waals surface area contributed by atoms with Crippen LogP contribution in [0.2, 0.25) is 0 Å². The van der Waals surface area contributed by atoms with Crippen LogP contribution in [0.4, 0.5) is 0 Å². The molecule has 0 heterocycles. The first-order chi connectivity index (χ1) is 8.96. The van der Waals surface area contributed by atoms with Gasteiger partial charge >= 0.3 is 0 Å². The van der Waals surface area contributed by atoms with Crippen LogP contribution in [0, 0.1) is 5.92 Å². The number of halogens is 1. The molecule has 4 nitrogen and oxygen atoms in total. The van der Waals surface area contributed by atoms with Gasteiger partial charge in [0.2, 0.25) is 10.0 Å². The summed E-state index contributed by atoms with van der Waals surface area (Å²) in [6.45, 7) is 0.545. The number of benzene rings is 1. The lowest BCUT2D eigenvalue weighted by atomic mass is 10.0. The number of rotatable bonds is 4. The molecule has 2 unspecified atom stereocenters. The summed E-state index contributed by atoms with van der Waals surface area (Å²) in [7, 11) is -1.78. The van der Waals surface area contributed by atoms with E-state index in [4.69, 9.17) is 5.73 Å². The highest BCUT2D eigenvalue weighted by molar-refractivity contribution is 9.10. The Hall–Kier alpha value is -0.430. The average Bonchev–Trinajstić information content (AvgIpc) is 2.85. The van der Waals surface area contributed by atoms with E-state index in [1.54, 1.807) is 25.2 Å². The van der Waals surface area contributed by atoms with Crippen LogP contribution < -0.4 is 5.73 Å². The molecule has 106 valence electrons. The van der Waals surface area contributed by atoms with E-state index in [9.17, 15) is 8.42 Å².